The molecule has 0 aromatic heterocycles. The topological polar surface area (TPSA) is 49.9 Å². The van der Waals surface area contributed by atoms with E-state index in [9.17, 15) is 9.59 Å². The van der Waals surface area contributed by atoms with Gasteiger partial charge in [-0.25, -0.2) is 4.79 Å². The molecule has 5 nitrogen and oxygen atoms in total. The first-order valence-corrected chi connectivity index (χ1v) is 7.74. The van der Waals surface area contributed by atoms with Crippen molar-refractivity contribution >= 4 is 27.9 Å². The summed E-state index contributed by atoms with van der Waals surface area (Å²) in [6.45, 7) is 8.54. The van der Waals surface area contributed by atoms with Crippen molar-refractivity contribution < 1.29 is 14.3 Å². The van der Waals surface area contributed by atoms with Gasteiger partial charge in [-0.1, -0.05) is 15.9 Å². The molecular formula is C13H21BrN2O3. The highest BCUT2D eigenvalue weighted by molar-refractivity contribution is 9.09. The zero-order chi connectivity index (χ0) is 14.2. The molecule has 108 valence electrons. The van der Waals surface area contributed by atoms with Crippen LogP contribution < -0.4 is 0 Å². The van der Waals surface area contributed by atoms with E-state index in [0.29, 0.717) is 30.3 Å². The molecule has 2 atom stereocenters. The lowest BCUT2D eigenvalue weighted by molar-refractivity contribution is -0.127. The zero-order valence-electron chi connectivity index (χ0n) is 11.7. The molecule has 0 saturated carbocycles. The van der Waals surface area contributed by atoms with Crippen LogP contribution in [0.15, 0.2) is 0 Å². The second kappa shape index (κ2) is 5.31. The lowest BCUT2D eigenvalue weighted by Gasteiger charge is -2.25. The van der Waals surface area contributed by atoms with Crippen LogP contribution in [0.1, 0.15) is 20.8 Å². The van der Waals surface area contributed by atoms with Gasteiger partial charge in [0.05, 0.1) is 5.33 Å². The molecule has 19 heavy (non-hydrogen) atoms. The minimum Gasteiger partial charge on any atom is -0.444 e. The van der Waals surface area contributed by atoms with Crippen molar-refractivity contribution in [1.82, 2.24) is 9.80 Å². The van der Waals surface area contributed by atoms with Gasteiger partial charge in [0, 0.05) is 38.0 Å². The van der Waals surface area contributed by atoms with Crippen LogP contribution in [-0.2, 0) is 9.53 Å². The van der Waals surface area contributed by atoms with Crippen molar-refractivity contribution in [3.8, 4) is 0 Å². The third-order valence-electron chi connectivity index (χ3n) is 3.60. The molecule has 2 saturated heterocycles. The number of ether oxygens (including phenoxy) is 1. The number of carbonyl (C=O) groups is 2. The Kier molecular flexibility index (Phi) is 4.08. The van der Waals surface area contributed by atoms with Crippen LogP contribution in [0.2, 0.25) is 0 Å². The minimum atomic E-state index is -0.452. The van der Waals surface area contributed by atoms with Crippen LogP contribution in [0.4, 0.5) is 4.79 Å². The number of carbonyl (C=O) groups excluding carboxylic acids is 2. The highest BCUT2D eigenvalue weighted by atomic mass is 79.9. The molecule has 0 spiro atoms. The normalized spacial score (nSPS) is 26.5. The summed E-state index contributed by atoms with van der Waals surface area (Å²) in [5, 5.41) is 0.377. The average molecular weight is 333 g/mol. The Balaban J connectivity index is 1.87. The number of nitrogens with zero attached hydrogens (tertiary/aromatic N) is 2. The molecule has 2 fully saturated rings. The van der Waals surface area contributed by atoms with Crippen LogP contribution in [0, 0.1) is 11.8 Å². The number of halogens is 1. The highest BCUT2D eigenvalue weighted by Gasteiger charge is 2.43. The van der Waals surface area contributed by atoms with Gasteiger partial charge in [0.15, 0.2) is 0 Å². The Morgan fingerprint density at radius 1 is 1.11 bits per heavy atom. The van der Waals surface area contributed by atoms with Gasteiger partial charge < -0.3 is 14.5 Å². The Hall–Kier alpha value is -0.780. The van der Waals surface area contributed by atoms with Gasteiger partial charge >= 0.3 is 6.09 Å². The third-order valence-corrected chi connectivity index (χ3v) is 4.08. The van der Waals surface area contributed by atoms with E-state index >= 15 is 0 Å². The summed E-state index contributed by atoms with van der Waals surface area (Å²) in [6, 6.07) is 0. The summed E-state index contributed by atoms with van der Waals surface area (Å²) in [4.78, 5) is 27.3. The van der Waals surface area contributed by atoms with Crippen molar-refractivity contribution in [3.63, 3.8) is 0 Å². The monoisotopic (exact) mass is 332 g/mol. The van der Waals surface area contributed by atoms with E-state index in [1.165, 1.54) is 0 Å². The molecule has 2 unspecified atom stereocenters. The first-order valence-electron chi connectivity index (χ1n) is 6.62. The van der Waals surface area contributed by atoms with Crippen LogP contribution in [0.25, 0.3) is 0 Å². The summed E-state index contributed by atoms with van der Waals surface area (Å²) in [5.41, 5.74) is -0.452. The van der Waals surface area contributed by atoms with Crippen molar-refractivity contribution in [2.24, 2.45) is 11.8 Å². The molecule has 2 heterocycles. The standard InChI is InChI=1S/C13H21BrN2O3/c1-13(2,3)19-12(18)16-7-9-5-15(11(17)4-14)6-10(9)8-16/h9-10H,4-8H2,1-3H3. The summed E-state index contributed by atoms with van der Waals surface area (Å²) in [7, 11) is 0. The van der Waals surface area contributed by atoms with E-state index in [1.807, 2.05) is 25.7 Å². The van der Waals surface area contributed by atoms with Crippen molar-refractivity contribution in [3.05, 3.63) is 0 Å². The third kappa shape index (κ3) is 3.41. The Morgan fingerprint density at radius 2 is 1.58 bits per heavy atom. The maximum Gasteiger partial charge on any atom is 0.410 e. The van der Waals surface area contributed by atoms with Crippen LogP contribution in [-0.4, -0.2) is 58.9 Å². The van der Waals surface area contributed by atoms with Crippen LogP contribution >= 0.6 is 15.9 Å². The number of fused-ring (bicyclic) bond motifs is 1. The summed E-state index contributed by atoms with van der Waals surface area (Å²) >= 11 is 3.20. The molecule has 0 aromatic carbocycles. The van der Waals surface area contributed by atoms with Crippen LogP contribution in [0.3, 0.4) is 0 Å². The van der Waals surface area contributed by atoms with Crippen molar-refractivity contribution in [2.75, 3.05) is 31.5 Å². The SMILES string of the molecule is CC(C)(C)OC(=O)N1CC2CN(C(=O)CBr)CC2C1. The molecule has 2 aliphatic rings. The van der Waals surface area contributed by atoms with E-state index in [0.717, 1.165) is 13.1 Å². The van der Waals surface area contributed by atoms with Crippen molar-refractivity contribution in [2.45, 2.75) is 26.4 Å². The molecule has 6 heteroatoms. The average Bonchev–Trinajstić information content (AvgIpc) is 2.82. The Bertz CT molecular complexity index is 367. The fourth-order valence-corrected chi connectivity index (χ4v) is 3.11. The Morgan fingerprint density at radius 3 is 2.00 bits per heavy atom. The molecule has 2 rings (SSSR count). The maximum atomic E-state index is 12.0. The van der Waals surface area contributed by atoms with Gasteiger partial charge in [0.25, 0.3) is 0 Å². The number of hydrogen-bond donors (Lipinski definition) is 0. The van der Waals surface area contributed by atoms with Gasteiger partial charge in [-0.05, 0) is 20.8 Å². The number of hydrogen-bond acceptors (Lipinski definition) is 3. The number of likely N-dealkylation sites (tertiary alicyclic amines) is 2. The van der Waals surface area contributed by atoms with E-state index in [2.05, 4.69) is 15.9 Å². The fourth-order valence-electron chi connectivity index (χ4n) is 2.76. The van der Waals surface area contributed by atoms with Gasteiger partial charge in [-0.3, -0.25) is 4.79 Å². The summed E-state index contributed by atoms with van der Waals surface area (Å²) < 4.78 is 5.38. The lowest BCUT2D eigenvalue weighted by Crippen LogP contribution is -2.38. The van der Waals surface area contributed by atoms with Gasteiger partial charge in [-0.2, -0.15) is 0 Å². The van der Waals surface area contributed by atoms with Gasteiger partial charge in [0.1, 0.15) is 5.60 Å². The predicted molar refractivity (Wildman–Crippen MR) is 75.2 cm³/mol. The lowest BCUT2D eigenvalue weighted by atomic mass is 10.0. The highest BCUT2D eigenvalue weighted by Crippen LogP contribution is 2.32. The summed E-state index contributed by atoms with van der Waals surface area (Å²) in [6.07, 6.45) is -0.236. The molecule has 0 N–H and O–H groups in total. The number of rotatable bonds is 1. The second-order valence-corrected chi connectivity index (χ2v) is 6.90. The van der Waals surface area contributed by atoms with Crippen LogP contribution in [0.5, 0.6) is 0 Å². The Labute approximate surface area is 122 Å². The van der Waals surface area contributed by atoms with Crippen molar-refractivity contribution in [1.29, 1.82) is 0 Å². The quantitative estimate of drug-likeness (QED) is 0.687. The van der Waals surface area contributed by atoms with Gasteiger partial charge in [0.2, 0.25) is 5.91 Å². The fraction of sp³-hybridized carbons (Fsp3) is 0.846. The number of amides is 2. The number of alkyl halides is 1. The first kappa shape index (κ1) is 14.6. The molecule has 0 aromatic rings. The molecule has 0 radical (unpaired) electrons. The minimum absolute atomic E-state index is 0.137. The molecule has 2 amide bonds. The van der Waals surface area contributed by atoms with E-state index in [4.69, 9.17) is 4.74 Å². The maximum absolute atomic E-state index is 12.0. The van der Waals surface area contributed by atoms with E-state index in [-0.39, 0.29) is 12.0 Å². The second-order valence-electron chi connectivity index (χ2n) is 6.34. The molecular weight excluding hydrogens is 312 g/mol. The van der Waals surface area contributed by atoms with Gasteiger partial charge in [-0.15, -0.1) is 0 Å². The predicted octanol–water partition coefficient (Wildman–Crippen LogP) is 1.71. The molecule has 2 aliphatic heterocycles. The zero-order valence-corrected chi connectivity index (χ0v) is 13.3. The smallest absolute Gasteiger partial charge is 0.410 e. The molecule has 0 bridgehead atoms. The first-order chi connectivity index (χ1) is 8.80. The van der Waals surface area contributed by atoms with E-state index in [1.54, 1.807) is 4.90 Å². The molecule has 0 aliphatic carbocycles. The largest absolute Gasteiger partial charge is 0.444 e. The van der Waals surface area contributed by atoms with E-state index < -0.39 is 5.60 Å². The summed E-state index contributed by atoms with van der Waals surface area (Å²) in [5.74, 6) is 0.934.